The van der Waals surface area contributed by atoms with Crippen LogP contribution in [0.3, 0.4) is 0 Å². The maximum atomic E-state index is 12.4. The van der Waals surface area contributed by atoms with E-state index in [4.69, 9.17) is 0 Å². The van der Waals surface area contributed by atoms with Crippen molar-refractivity contribution in [1.29, 1.82) is 0 Å². The summed E-state index contributed by atoms with van der Waals surface area (Å²) in [4.78, 5) is 18.3. The van der Waals surface area contributed by atoms with E-state index in [1.54, 1.807) is 0 Å². The van der Waals surface area contributed by atoms with Gasteiger partial charge in [0, 0.05) is 44.0 Å². The van der Waals surface area contributed by atoms with Crippen LogP contribution in [0.15, 0.2) is 17.5 Å². The van der Waals surface area contributed by atoms with Crippen LogP contribution in [0.2, 0.25) is 0 Å². The topological polar surface area (TPSA) is 35.6 Å². The molecule has 0 bridgehead atoms. The Bertz CT molecular complexity index is 434. The molecule has 21 heavy (non-hydrogen) atoms. The van der Waals surface area contributed by atoms with Gasteiger partial charge in [-0.2, -0.15) is 0 Å². The average molecular weight is 307 g/mol. The summed E-state index contributed by atoms with van der Waals surface area (Å²) in [6, 6.07) is 4.30. The Labute approximate surface area is 131 Å². The van der Waals surface area contributed by atoms with Gasteiger partial charge in [-0.3, -0.25) is 9.69 Å². The minimum Gasteiger partial charge on any atom is -0.340 e. The molecule has 1 atom stereocenters. The molecule has 0 aromatic carbocycles. The maximum Gasteiger partial charge on any atom is 0.222 e. The first-order valence-corrected chi connectivity index (χ1v) is 8.92. The number of amides is 1. The van der Waals surface area contributed by atoms with Gasteiger partial charge in [0.15, 0.2) is 0 Å². The van der Waals surface area contributed by atoms with Crippen LogP contribution in [-0.2, 0) is 11.3 Å². The highest BCUT2D eigenvalue weighted by molar-refractivity contribution is 7.09. The summed E-state index contributed by atoms with van der Waals surface area (Å²) < 4.78 is 0. The largest absolute Gasteiger partial charge is 0.340 e. The molecule has 3 heterocycles. The van der Waals surface area contributed by atoms with E-state index < -0.39 is 0 Å². The molecule has 1 aromatic rings. The first-order valence-electron chi connectivity index (χ1n) is 8.04. The van der Waals surface area contributed by atoms with Crippen molar-refractivity contribution in [2.24, 2.45) is 5.92 Å². The van der Waals surface area contributed by atoms with Gasteiger partial charge in [-0.25, -0.2) is 0 Å². The Balaban J connectivity index is 1.41. The highest BCUT2D eigenvalue weighted by atomic mass is 32.1. The van der Waals surface area contributed by atoms with E-state index in [9.17, 15) is 4.79 Å². The van der Waals surface area contributed by atoms with Crippen molar-refractivity contribution in [3.05, 3.63) is 22.4 Å². The van der Waals surface area contributed by atoms with E-state index in [0.29, 0.717) is 11.8 Å². The van der Waals surface area contributed by atoms with Crippen LogP contribution in [0.1, 0.15) is 24.1 Å². The van der Waals surface area contributed by atoms with Crippen molar-refractivity contribution in [2.75, 3.05) is 39.3 Å². The molecule has 4 nitrogen and oxygen atoms in total. The zero-order valence-corrected chi connectivity index (χ0v) is 13.4. The number of hydrogen-bond donors (Lipinski definition) is 1. The van der Waals surface area contributed by atoms with Crippen LogP contribution in [-0.4, -0.2) is 55.0 Å². The van der Waals surface area contributed by atoms with E-state index in [1.165, 1.54) is 17.7 Å². The minimum absolute atomic E-state index is 0.361. The van der Waals surface area contributed by atoms with Gasteiger partial charge >= 0.3 is 0 Å². The van der Waals surface area contributed by atoms with Gasteiger partial charge in [-0.15, -0.1) is 11.3 Å². The van der Waals surface area contributed by atoms with Crippen LogP contribution in [0.25, 0.3) is 0 Å². The Morgan fingerprint density at radius 1 is 1.33 bits per heavy atom. The predicted molar refractivity (Wildman–Crippen MR) is 86.4 cm³/mol. The second kappa shape index (κ2) is 7.38. The molecule has 1 N–H and O–H groups in total. The van der Waals surface area contributed by atoms with E-state index >= 15 is 0 Å². The SMILES string of the molecule is O=C(CC1CCCNC1)N1CCN(Cc2cccs2)CC1. The van der Waals surface area contributed by atoms with E-state index in [-0.39, 0.29) is 0 Å². The summed E-state index contributed by atoms with van der Waals surface area (Å²) in [5.74, 6) is 0.912. The number of nitrogens with one attached hydrogen (secondary N) is 1. The number of thiophene rings is 1. The molecule has 0 aliphatic carbocycles. The van der Waals surface area contributed by atoms with Crippen molar-refractivity contribution in [3.8, 4) is 0 Å². The molecule has 0 spiro atoms. The molecule has 2 saturated heterocycles. The second-order valence-electron chi connectivity index (χ2n) is 6.15. The number of piperidine rings is 1. The lowest BCUT2D eigenvalue weighted by Crippen LogP contribution is -2.49. The summed E-state index contributed by atoms with van der Waals surface area (Å²) in [5, 5.41) is 5.53. The predicted octanol–water partition coefficient (Wildman–Crippen LogP) is 1.78. The van der Waals surface area contributed by atoms with Crippen LogP contribution in [0.5, 0.6) is 0 Å². The van der Waals surface area contributed by atoms with Crippen LogP contribution >= 0.6 is 11.3 Å². The van der Waals surface area contributed by atoms with Crippen molar-refractivity contribution in [3.63, 3.8) is 0 Å². The molecule has 1 unspecified atom stereocenters. The normalized spacial score (nSPS) is 24.2. The molecule has 2 aliphatic rings. The third kappa shape index (κ3) is 4.28. The average Bonchev–Trinajstić information content (AvgIpc) is 3.02. The zero-order chi connectivity index (χ0) is 14.5. The maximum absolute atomic E-state index is 12.4. The van der Waals surface area contributed by atoms with Crippen molar-refractivity contribution < 1.29 is 4.79 Å². The first kappa shape index (κ1) is 15.0. The fourth-order valence-corrected chi connectivity index (χ4v) is 4.00. The fourth-order valence-electron chi connectivity index (χ4n) is 3.25. The Hall–Kier alpha value is -0.910. The van der Waals surface area contributed by atoms with Gasteiger partial charge in [0.05, 0.1) is 0 Å². The molecule has 5 heteroatoms. The molecular weight excluding hydrogens is 282 g/mol. The summed E-state index contributed by atoms with van der Waals surface area (Å²) in [5.41, 5.74) is 0. The summed E-state index contributed by atoms with van der Waals surface area (Å²) in [7, 11) is 0. The lowest BCUT2D eigenvalue weighted by Gasteiger charge is -2.35. The molecule has 1 amide bonds. The molecule has 3 rings (SSSR count). The van der Waals surface area contributed by atoms with Gasteiger partial charge < -0.3 is 10.2 Å². The summed E-state index contributed by atoms with van der Waals surface area (Å²) in [6.45, 7) is 6.97. The van der Waals surface area contributed by atoms with Crippen molar-refractivity contribution >= 4 is 17.2 Å². The summed E-state index contributed by atoms with van der Waals surface area (Å²) >= 11 is 1.82. The van der Waals surface area contributed by atoms with E-state index in [2.05, 4.69) is 32.6 Å². The third-order valence-electron chi connectivity index (χ3n) is 4.55. The fraction of sp³-hybridized carbons (Fsp3) is 0.688. The van der Waals surface area contributed by atoms with Crippen LogP contribution < -0.4 is 5.32 Å². The number of piperazine rings is 1. The monoisotopic (exact) mass is 307 g/mol. The van der Waals surface area contributed by atoms with Gasteiger partial charge in [0.2, 0.25) is 5.91 Å². The standard InChI is InChI=1S/C16H25N3OS/c20-16(11-14-3-1-5-17-12-14)19-8-6-18(7-9-19)13-15-4-2-10-21-15/h2,4,10,14,17H,1,3,5-9,11-13H2. The Morgan fingerprint density at radius 3 is 2.86 bits per heavy atom. The molecule has 0 saturated carbocycles. The van der Waals surface area contributed by atoms with Crippen LogP contribution in [0.4, 0.5) is 0 Å². The second-order valence-corrected chi connectivity index (χ2v) is 7.19. The lowest BCUT2D eigenvalue weighted by molar-refractivity contribution is -0.134. The molecule has 116 valence electrons. The van der Waals surface area contributed by atoms with Gasteiger partial charge in [0.1, 0.15) is 0 Å². The number of carbonyl (C=O) groups excluding carboxylic acids is 1. The molecule has 2 fully saturated rings. The van der Waals surface area contributed by atoms with E-state index in [1.807, 2.05) is 11.3 Å². The minimum atomic E-state index is 0.361. The zero-order valence-electron chi connectivity index (χ0n) is 12.6. The van der Waals surface area contributed by atoms with E-state index in [0.717, 1.165) is 52.2 Å². The van der Waals surface area contributed by atoms with Gasteiger partial charge in [0.25, 0.3) is 0 Å². The number of hydrogen-bond acceptors (Lipinski definition) is 4. The van der Waals surface area contributed by atoms with Crippen LogP contribution in [0, 0.1) is 5.92 Å². The molecule has 1 aromatic heterocycles. The van der Waals surface area contributed by atoms with Gasteiger partial charge in [-0.1, -0.05) is 6.07 Å². The van der Waals surface area contributed by atoms with Gasteiger partial charge in [-0.05, 0) is 43.3 Å². The van der Waals surface area contributed by atoms with Crippen molar-refractivity contribution in [2.45, 2.75) is 25.8 Å². The summed E-state index contributed by atoms with van der Waals surface area (Å²) in [6.07, 6.45) is 3.15. The highest BCUT2D eigenvalue weighted by Gasteiger charge is 2.24. The highest BCUT2D eigenvalue weighted by Crippen LogP contribution is 2.17. The third-order valence-corrected chi connectivity index (χ3v) is 5.41. The number of rotatable bonds is 4. The number of nitrogens with zero attached hydrogens (tertiary/aromatic N) is 2. The molecule has 0 radical (unpaired) electrons. The number of carbonyl (C=O) groups is 1. The smallest absolute Gasteiger partial charge is 0.222 e. The molecular formula is C16H25N3OS. The Kier molecular flexibility index (Phi) is 5.27. The lowest BCUT2D eigenvalue weighted by atomic mass is 9.95. The first-order chi connectivity index (χ1) is 10.3. The quantitative estimate of drug-likeness (QED) is 0.921. The Morgan fingerprint density at radius 2 is 2.19 bits per heavy atom. The molecule has 2 aliphatic heterocycles. The van der Waals surface area contributed by atoms with Crippen molar-refractivity contribution in [1.82, 2.24) is 15.1 Å².